The molecule has 0 saturated heterocycles. The van der Waals surface area contributed by atoms with Gasteiger partial charge in [-0.1, -0.05) is 6.92 Å². The molecule has 0 bridgehead atoms. The van der Waals surface area contributed by atoms with E-state index in [9.17, 15) is 9.59 Å². The Morgan fingerprint density at radius 3 is 2.89 bits per heavy atom. The van der Waals surface area contributed by atoms with E-state index in [0.717, 1.165) is 11.4 Å². The van der Waals surface area contributed by atoms with E-state index in [1.807, 2.05) is 13.1 Å². The highest BCUT2D eigenvalue weighted by Crippen LogP contribution is 2.20. The lowest BCUT2D eigenvalue weighted by molar-refractivity contribution is 0.0933. The van der Waals surface area contributed by atoms with Crippen molar-refractivity contribution in [2.24, 2.45) is 0 Å². The zero-order valence-electron chi connectivity index (χ0n) is 10.6. The summed E-state index contributed by atoms with van der Waals surface area (Å²) >= 11 is 1.58. The molecule has 2 aromatic heterocycles. The van der Waals surface area contributed by atoms with Crippen LogP contribution in [-0.4, -0.2) is 21.1 Å². The maximum atomic E-state index is 11.9. The second kappa shape index (κ2) is 5.75. The number of thiazole rings is 1. The molecule has 0 spiro atoms. The minimum Gasteiger partial charge on any atom is -0.342 e. The summed E-state index contributed by atoms with van der Waals surface area (Å²) in [6.45, 7) is 3.92. The molecular weight excluding hydrogens is 264 g/mol. The monoisotopic (exact) mass is 278 g/mol. The first-order valence-electron chi connectivity index (χ1n) is 5.91. The van der Waals surface area contributed by atoms with Crippen molar-refractivity contribution in [1.29, 1.82) is 0 Å². The van der Waals surface area contributed by atoms with Crippen LogP contribution < -0.4 is 10.9 Å². The fraction of sp³-hybridized carbons (Fsp3) is 0.333. The van der Waals surface area contributed by atoms with Crippen LogP contribution in [0.2, 0.25) is 0 Å². The number of hydrogen-bond acceptors (Lipinski definition) is 5. The number of carbonyl (C=O) groups is 1. The van der Waals surface area contributed by atoms with Gasteiger partial charge in [0.05, 0.1) is 6.04 Å². The molecule has 0 aliphatic heterocycles. The van der Waals surface area contributed by atoms with Gasteiger partial charge in [0.15, 0.2) is 0 Å². The number of amides is 1. The normalized spacial score (nSPS) is 12.1. The van der Waals surface area contributed by atoms with Gasteiger partial charge in [0.25, 0.3) is 11.5 Å². The standard InChI is InChI=1S/C12H14N4O2S/c1-3-8-6-13-12(19-8)7(2)14-11(18)9-4-5-10(17)16-15-9/h4-7H,3H2,1-2H3,(H,14,18)(H,16,17). The van der Waals surface area contributed by atoms with Crippen molar-refractivity contribution < 1.29 is 4.79 Å². The number of nitrogens with zero attached hydrogens (tertiary/aromatic N) is 2. The van der Waals surface area contributed by atoms with E-state index < -0.39 is 0 Å². The Hall–Kier alpha value is -2.02. The van der Waals surface area contributed by atoms with Crippen molar-refractivity contribution in [2.75, 3.05) is 0 Å². The van der Waals surface area contributed by atoms with Crippen LogP contribution in [0.5, 0.6) is 0 Å². The van der Waals surface area contributed by atoms with Crippen LogP contribution in [0.1, 0.15) is 40.3 Å². The molecule has 0 aliphatic rings. The van der Waals surface area contributed by atoms with Gasteiger partial charge in [-0.05, 0) is 19.4 Å². The van der Waals surface area contributed by atoms with E-state index >= 15 is 0 Å². The summed E-state index contributed by atoms with van der Waals surface area (Å²) in [7, 11) is 0. The first-order valence-corrected chi connectivity index (χ1v) is 6.73. The fourth-order valence-corrected chi connectivity index (χ4v) is 2.35. The van der Waals surface area contributed by atoms with Crippen LogP contribution in [-0.2, 0) is 6.42 Å². The lowest BCUT2D eigenvalue weighted by Gasteiger charge is -2.10. The third-order valence-corrected chi connectivity index (χ3v) is 3.87. The predicted octanol–water partition coefficient (Wildman–Crippen LogP) is 1.28. The maximum Gasteiger partial charge on any atom is 0.272 e. The van der Waals surface area contributed by atoms with Crippen molar-refractivity contribution in [3.8, 4) is 0 Å². The van der Waals surface area contributed by atoms with Gasteiger partial charge in [-0.15, -0.1) is 11.3 Å². The number of aryl methyl sites for hydroxylation is 1. The summed E-state index contributed by atoms with van der Waals surface area (Å²) in [5.41, 5.74) is -0.157. The minimum atomic E-state index is -0.336. The van der Waals surface area contributed by atoms with Gasteiger partial charge in [-0.2, -0.15) is 5.10 Å². The molecule has 0 aromatic carbocycles. The lowest BCUT2D eigenvalue weighted by atomic mass is 10.3. The Labute approximate surface area is 113 Å². The molecule has 0 aliphatic carbocycles. The molecule has 0 radical (unpaired) electrons. The maximum absolute atomic E-state index is 11.9. The summed E-state index contributed by atoms with van der Waals surface area (Å²) < 4.78 is 0. The summed E-state index contributed by atoms with van der Waals surface area (Å²) in [5, 5.41) is 9.56. The second-order valence-corrected chi connectivity index (χ2v) is 5.17. The lowest BCUT2D eigenvalue weighted by Crippen LogP contribution is -2.28. The summed E-state index contributed by atoms with van der Waals surface area (Å²) in [5.74, 6) is -0.336. The van der Waals surface area contributed by atoms with Crippen molar-refractivity contribution in [3.05, 3.63) is 44.3 Å². The third kappa shape index (κ3) is 3.25. The van der Waals surface area contributed by atoms with Gasteiger partial charge in [-0.25, -0.2) is 10.1 Å². The molecule has 0 fully saturated rings. The van der Waals surface area contributed by atoms with E-state index in [4.69, 9.17) is 0 Å². The number of H-pyrrole nitrogens is 1. The highest BCUT2D eigenvalue weighted by Gasteiger charge is 2.15. The fourth-order valence-electron chi connectivity index (χ4n) is 1.49. The number of aromatic nitrogens is 3. The molecular formula is C12H14N4O2S. The van der Waals surface area contributed by atoms with Gasteiger partial charge in [-0.3, -0.25) is 9.59 Å². The largest absolute Gasteiger partial charge is 0.342 e. The average Bonchev–Trinajstić information content (AvgIpc) is 2.88. The summed E-state index contributed by atoms with van der Waals surface area (Å²) in [6, 6.07) is 2.47. The van der Waals surface area contributed by atoms with Crippen LogP contribution in [0.4, 0.5) is 0 Å². The molecule has 2 aromatic rings. The van der Waals surface area contributed by atoms with Gasteiger partial charge in [0.1, 0.15) is 10.7 Å². The van der Waals surface area contributed by atoms with Crippen molar-refractivity contribution in [3.63, 3.8) is 0 Å². The third-order valence-electron chi connectivity index (χ3n) is 2.55. The van der Waals surface area contributed by atoms with Crippen molar-refractivity contribution >= 4 is 17.2 Å². The minimum absolute atomic E-state index is 0.179. The van der Waals surface area contributed by atoms with Crippen LogP contribution in [0.3, 0.4) is 0 Å². The Bertz CT molecular complexity index is 614. The SMILES string of the molecule is CCc1cnc(C(C)NC(=O)c2ccc(=O)[nH]n2)s1. The average molecular weight is 278 g/mol. The first-order chi connectivity index (χ1) is 9.10. The molecule has 1 atom stereocenters. The smallest absolute Gasteiger partial charge is 0.272 e. The van der Waals surface area contributed by atoms with Crippen LogP contribution in [0, 0.1) is 0 Å². The van der Waals surface area contributed by atoms with Gasteiger partial charge in [0, 0.05) is 17.1 Å². The topological polar surface area (TPSA) is 87.7 Å². The molecule has 2 N–H and O–H groups in total. The Morgan fingerprint density at radius 1 is 1.53 bits per heavy atom. The molecule has 19 heavy (non-hydrogen) atoms. The summed E-state index contributed by atoms with van der Waals surface area (Å²) in [6.07, 6.45) is 2.75. The van der Waals surface area contributed by atoms with Crippen molar-refractivity contribution in [1.82, 2.24) is 20.5 Å². The Kier molecular flexibility index (Phi) is 4.06. The molecule has 2 heterocycles. The zero-order chi connectivity index (χ0) is 13.8. The van der Waals surface area contributed by atoms with Crippen molar-refractivity contribution in [2.45, 2.75) is 26.3 Å². The Balaban J connectivity index is 2.05. The molecule has 100 valence electrons. The molecule has 7 heteroatoms. The first kappa shape index (κ1) is 13.4. The van der Waals surface area contributed by atoms with Crippen LogP contribution in [0.25, 0.3) is 0 Å². The molecule has 1 unspecified atom stereocenters. The second-order valence-electron chi connectivity index (χ2n) is 4.02. The Morgan fingerprint density at radius 2 is 2.32 bits per heavy atom. The predicted molar refractivity (Wildman–Crippen MR) is 72.2 cm³/mol. The summed E-state index contributed by atoms with van der Waals surface area (Å²) in [4.78, 5) is 28.2. The number of carbonyl (C=O) groups excluding carboxylic acids is 1. The molecule has 0 saturated carbocycles. The highest BCUT2D eigenvalue weighted by molar-refractivity contribution is 7.11. The number of aromatic amines is 1. The van der Waals surface area contributed by atoms with Crippen LogP contribution in [0.15, 0.2) is 23.1 Å². The molecule has 1 amide bonds. The van der Waals surface area contributed by atoms with Crippen LogP contribution >= 0.6 is 11.3 Å². The number of rotatable bonds is 4. The van der Waals surface area contributed by atoms with E-state index in [1.54, 1.807) is 11.3 Å². The van der Waals surface area contributed by atoms with Gasteiger partial charge in [0.2, 0.25) is 0 Å². The van der Waals surface area contributed by atoms with E-state index in [0.29, 0.717) is 0 Å². The van der Waals surface area contributed by atoms with E-state index in [-0.39, 0.29) is 23.2 Å². The molecule has 6 nitrogen and oxygen atoms in total. The molecule has 2 rings (SSSR count). The highest BCUT2D eigenvalue weighted by atomic mass is 32.1. The number of hydrogen-bond donors (Lipinski definition) is 2. The zero-order valence-corrected chi connectivity index (χ0v) is 11.5. The van der Waals surface area contributed by atoms with E-state index in [1.165, 1.54) is 17.0 Å². The number of nitrogens with one attached hydrogen (secondary N) is 2. The quantitative estimate of drug-likeness (QED) is 0.882. The van der Waals surface area contributed by atoms with E-state index in [2.05, 4.69) is 27.4 Å². The van der Waals surface area contributed by atoms with Gasteiger partial charge < -0.3 is 5.32 Å². The van der Waals surface area contributed by atoms with Gasteiger partial charge >= 0.3 is 0 Å².